The number of aryl methyl sites for hydroxylation is 1. The fourth-order valence-corrected chi connectivity index (χ4v) is 5.02. The smallest absolute Gasteiger partial charge is 0.276 e. The number of fused-ring (bicyclic) bond motifs is 1. The molecule has 0 aromatic carbocycles. The third-order valence-electron chi connectivity index (χ3n) is 5.66. The molecule has 6 heteroatoms. The summed E-state index contributed by atoms with van der Waals surface area (Å²) in [5.41, 5.74) is 1.23. The van der Waals surface area contributed by atoms with Crippen LogP contribution in [-0.2, 0) is 6.61 Å². The second kappa shape index (κ2) is 5.31. The summed E-state index contributed by atoms with van der Waals surface area (Å²) in [6.45, 7) is 8.60. The molecule has 1 saturated carbocycles. The van der Waals surface area contributed by atoms with Gasteiger partial charge >= 0.3 is 0 Å². The molecule has 1 aromatic heterocycles. The van der Waals surface area contributed by atoms with Gasteiger partial charge in [0.2, 0.25) is 0 Å². The van der Waals surface area contributed by atoms with Crippen molar-refractivity contribution in [3.63, 3.8) is 0 Å². The number of aromatic nitrogens is 1. The first kappa shape index (κ1) is 16.5. The Balaban J connectivity index is 1.84. The van der Waals surface area contributed by atoms with Gasteiger partial charge in [-0.05, 0) is 38.8 Å². The average Bonchev–Trinajstić information content (AvgIpc) is 2.95. The lowest BCUT2D eigenvalue weighted by Crippen LogP contribution is -2.57. The van der Waals surface area contributed by atoms with E-state index in [-0.39, 0.29) is 29.0 Å². The molecule has 3 rings (SSSR count). The molecule has 0 spiro atoms. The van der Waals surface area contributed by atoms with E-state index in [1.807, 2.05) is 4.90 Å². The Bertz CT molecular complexity index is 619. The molecule has 0 unspecified atom stereocenters. The normalized spacial score (nSPS) is 28.8. The van der Waals surface area contributed by atoms with Gasteiger partial charge in [0.1, 0.15) is 5.76 Å². The Morgan fingerprint density at radius 2 is 2.17 bits per heavy atom. The molecule has 2 aliphatic rings. The summed E-state index contributed by atoms with van der Waals surface area (Å²) in [6.07, 6.45) is 1.14. The van der Waals surface area contributed by atoms with Crippen molar-refractivity contribution in [2.75, 3.05) is 33.7 Å². The Kier molecular flexibility index (Phi) is 3.80. The predicted octanol–water partition coefficient (Wildman–Crippen LogP) is 1.53. The molecule has 0 radical (unpaired) electrons. The minimum Gasteiger partial charge on any atom is -0.391 e. The van der Waals surface area contributed by atoms with Gasteiger partial charge in [0, 0.05) is 25.0 Å². The van der Waals surface area contributed by atoms with Crippen LogP contribution in [0.1, 0.15) is 42.1 Å². The minimum atomic E-state index is -0.220. The lowest BCUT2D eigenvalue weighted by Gasteiger charge is -2.57. The maximum absolute atomic E-state index is 12.9. The molecule has 0 bridgehead atoms. The van der Waals surface area contributed by atoms with Crippen LogP contribution in [0.3, 0.4) is 0 Å². The van der Waals surface area contributed by atoms with Gasteiger partial charge in [0.25, 0.3) is 5.91 Å². The number of carbonyl (C=O) groups is 1. The van der Waals surface area contributed by atoms with Crippen molar-refractivity contribution in [2.45, 2.75) is 33.8 Å². The lowest BCUT2D eigenvalue weighted by molar-refractivity contribution is -0.0789. The number of hydrogen-bond donors (Lipinski definition) is 1. The highest BCUT2D eigenvalue weighted by molar-refractivity contribution is 5.94. The molecule has 6 nitrogen and oxygen atoms in total. The molecule has 1 aliphatic heterocycles. The zero-order valence-electron chi connectivity index (χ0n) is 14.7. The molecule has 1 amide bonds. The van der Waals surface area contributed by atoms with Crippen molar-refractivity contribution in [1.29, 1.82) is 0 Å². The summed E-state index contributed by atoms with van der Waals surface area (Å²) >= 11 is 0. The number of aliphatic hydroxyl groups is 1. The van der Waals surface area contributed by atoms with Crippen LogP contribution < -0.4 is 0 Å². The molecular weight excluding hydrogens is 294 g/mol. The van der Waals surface area contributed by atoms with Crippen molar-refractivity contribution in [3.05, 3.63) is 17.0 Å². The summed E-state index contributed by atoms with van der Waals surface area (Å²) < 4.78 is 5.10. The van der Waals surface area contributed by atoms with Gasteiger partial charge in [-0.15, -0.1) is 0 Å². The number of nitrogens with zero attached hydrogens (tertiary/aromatic N) is 3. The van der Waals surface area contributed by atoms with Gasteiger partial charge < -0.3 is 19.4 Å². The zero-order chi connectivity index (χ0) is 17.0. The van der Waals surface area contributed by atoms with Crippen molar-refractivity contribution >= 4 is 5.91 Å². The second-order valence-electron chi connectivity index (χ2n) is 8.23. The quantitative estimate of drug-likeness (QED) is 0.910. The molecule has 2 fully saturated rings. The molecule has 2 heterocycles. The van der Waals surface area contributed by atoms with Crippen LogP contribution in [0.2, 0.25) is 0 Å². The fourth-order valence-electron chi connectivity index (χ4n) is 5.02. The van der Waals surface area contributed by atoms with Crippen LogP contribution in [0, 0.1) is 23.7 Å². The fraction of sp³-hybridized carbons (Fsp3) is 0.765. The van der Waals surface area contributed by atoms with E-state index in [0.717, 1.165) is 26.1 Å². The van der Waals surface area contributed by atoms with E-state index >= 15 is 0 Å². The van der Waals surface area contributed by atoms with Crippen molar-refractivity contribution in [3.8, 4) is 0 Å². The maximum atomic E-state index is 12.9. The van der Waals surface area contributed by atoms with Crippen molar-refractivity contribution in [2.24, 2.45) is 16.7 Å². The molecule has 1 N–H and O–H groups in total. The van der Waals surface area contributed by atoms with E-state index in [4.69, 9.17) is 4.52 Å². The number of aliphatic hydroxyl groups excluding tert-OH is 1. The number of hydrogen-bond acceptors (Lipinski definition) is 5. The van der Waals surface area contributed by atoms with Gasteiger partial charge in [-0.25, -0.2) is 0 Å². The monoisotopic (exact) mass is 321 g/mol. The highest BCUT2D eigenvalue weighted by Gasteiger charge is 2.63. The molecule has 1 aliphatic carbocycles. The summed E-state index contributed by atoms with van der Waals surface area (Å²) in [6, 6.07) is 0. The average molecular weight is 321 g/mol. The van der Waals surface area contributed by atoms with E-state index in [1.165, 1.54) is 0 Å². The Hall–Kier alpha value is -1.40. The van der Waals surface area contributed by atoms with Crippen LogP contribution in [0.4, 0.5) is 0 Å². The van der Waals surface area contributed by atoms with Crippen molar-refractivity contribution < 1.29 is 14.4 Å². The van der Waals surface area contributed by atoms with Crippen LogP contribution in [-0.4, -0.2) is 59.7 Å². The molecule has 2 atom stereocenters. The summed E-state index contributed by atoms with van der Waals surface area (Å²) in [5.74, 6) is 0.905. The largest absolute Gasteiger partial charge is 0.391 e. The lowest BCUT2D eigenvalue weighted by atomic mass is 9.48. The van der Waals surface area contributed by atoms with E-state index in [0.29, 0.717) is 17.2 Å². The van der Waals surface area contributed by atoms with Crippen molar-refractivity contribution in [1.82, 2.24) is 15.0 Å². The van der Waals surface area contributed by atoms with Gasteiger partial charge in [-0.3, -0.25) is 4.79 Å². The number of rotatable bonds is 4. The Morgan fingerprint density at radius 3 is 2.74 bits per heavy atom. The first-order chi connectivity index (χ1) is 10.7. The highest BCUT2D eigenvalue weighted by Crippen LogP contribution is 2.62. The molecular formula is C17H27N3O3. The molecule has 1 saturated heterocycles. The van der Waals surface area contributed by atoms with Crippen LogP contribution in [0.5, 0.6) is 0 Å². The number of carbonyl (C=O) groups excluding carboxylic acids is 1. The summed E-state index contributed by atoms with van der Waals surface area (Å²) in [5, 5.41) is 13.4. The summed E-state index contributed by atoms with van der Waals surface area (Å²) in [7, 11) is 4.18. The Morgan fingerprint density at radius 1 is 1.48 bits per heavy atom. The first-order valence-corrected chi connectivity index (χ1v) is 8.20. The number of likely N-dealkylation sites (tertiary alicyclic amines) is 1. The van der Waals surface area contributed by atoms with E-state index in [2.05, 4.69) is 38.0 Å². The second-order valence-corrected chi connectivity index (χ2v) is 8.23. The predicted molar refractivity (Wildman–Crippen MR) is 85.9 cm³/mol. The SMILES string of the molecule is Cc1onc(C(=O)N2C[C@@H]3C(C)(C)C[C@]3(CN(C)C)C2)c1CO. The Labute approximate surface area is 137 Å². The van der Waals surface area contributed by atoms with Gasteiger partial charge in [-0.2, -0.15) is 0 Å². The zero-order valence-corrected chi connectivity index (χ0v) is 14.7. The molecule has 128 valence electrons. The number of amides is 1. The molecule has 1 aromatic rings. The first-order valence-electron chi connectivity index (χ1n) is 8.20. The topological polar surface area (TPSA) is 69.8 Å². The molecule has 23 heavy (non-hydrogen) atoms. The van der Waals surface area contributed by atoms with E-state index in [1.54, 1.807) is 6.92 Å². The van der Waals surface area contributed by atoms with E-state index < -0.39 is 0 Å². The third-order valence-corrected chi connectivity index (χ3v) is 5.66. The van der Waals surface area contributed by atoms with Crippen LogP contribution in [0.15, 0.2) is 4.52 Å². The van der Waals surface area contributed by atoms with Crippen LogP contribution in [0.25, 0.3) is 0 Å². The van der Waals surface area contributed by atoms with Crippen LogP contribution >= 0.6 is 0 Å². The van der Waals surface area contributed by atoms with Gasteiger partial charge in [0.05, 0.1) is 12.2 Å². The maximum Gasteiger partial charge on any atom is 0.276 e. The minimum absolute atomic E-state index is 0.116. The van der Waals surface area contributed by atoms with Gasteiger partial charge in [0.15, 0.2) is 5.69 Å². The highest BCUT2D eigenvalue weighted by atomic mass is 16.5. The van der Waals surface area contributed by atoms with E-state index in [9.17, 15) is 9.90 Å². The standard InChI is InChI=1S/C17H27N3O3/c1-11-12(7-21)14(18-23-11)15(22)20-6-13-16(2,3)8-17(13,10-20)9-19(4)5/h13,21H,6-10H2,1-5H3/t13-,17+/m1/s1. The van der Waals surface area contributed by atoms with Gasteiger partial charge in [-0.1, -0.05) is 19.0 Å². The summed E-state index contributed by atoms with van der Waals surface area (Å²) in [4.78, 5) is 17.0. The third kappa shape index (κ3) is 2.48.